The molecule has 1 unspecified atom stereocenters. The van der Waals surface area contributed by atoms with Crippen LogP contribution in [0.1, 0.15) is 37.3 Å². The molecule has 1 aromatic rings. The first kappa shape index (κ1) is 13.8. The van der Waals surface area contributed by atoms with E-state index in [1.54, 1.807) is 0 Å². The molecule has 0 spiro atoms. The van der Waals surface area contributed by atoms with Crippen LogP contribution in [0, 0.1) is 11.6 Å². The lowest BCUT2D eigenvalue weighted by Gasteiger charge is -2.18. The molecule has 1 aliphatic rings. The molecule has 4 heteroatoms. The minimum absolute atomic E-state index is 0.0146. The van der Waals surface area contributed by atoms with E-state index in [-0.39, 0.29) is 6.04 Å². The van der Waals surface area contributed by atoms with Crippen LogP contribution in [0.15, 0.2) is 18.2 Å². The lowest BCUT2D eigenvalue weighted by Crippen LogP contribution is -2.20. The largest absolute Gasteiger partial charge is 0.312 e. The Bertz CT molecular complexity index is 371. The van der Waals surface area contributed by atoms with Crippen molar-refractivity contribution in [3.05, 3.63) is 35.4 Å². The number of rotatable bonds is 5. The van der Waals surface area contributed by atoms with Crippen LogP contribution in [0.2, 0.25) is 0 Å². The number of hydrogen-bond acceptors (Lipinski definition) is 2. The molecule has 1 aromatic carbocycles. The van der Waals surface area contributed by atoms with E-state index in [0.717, 1.165) is 17.1 Å². The molecule has 0 bridgehead atoms. The van der Waals surface area contributed by atoms with Gasteiger partial charge in [-0.3, -0.25) is 0 Å². The standard InChI is InChI=1S/C14H19F2NS/c1-17-14(9-18-13-4-2-3-5-13)10-6-11(15)8-12(16)7-10/h6-8,13-14,17H,2-5,9H2,1H3. The van der Waals surface area contributed by atoms with E-state index in [9.17, 15) is 8.78 Å². The quantitative estimate of drug-likeness (QED) is 0.871. The van der Waals surface area contributed by atoms with Crippen LogP contribution in [0.25, 0.3) is 0 Å². The SMILES string of the molecule is CNC(CSC1CCCC1)c1cc(F)cc(F)c1. The molecule has 18 heavy (non-hydrogen) atoms. The molecule has 1 atom stereocenters. The van der Waals surface area contributed by atoms with E-state index in [2.05, 4.69) is 5.32 Å². The number of halogens is 2. The molecule has 1 nitrogen and oxygen atoms in total. The molecule has 0 aliphatic heterocycles. The summed E-state index contributed by atoms with van der Waals surface area (Å²) >= 11 is 1.92. The molecule has 1 N–H and O–H groups in total. The van der Waals surface area contributed by atoms with E-state index < -0.39 is 11.6 Å². The molecule has 0 heterocycles. The van der Waals surface area contributed by atoms with Crippen LogP contribution >= 0.6 is 11.8 Å². The number of nitrogens with one attached hydrogen (secondary N) is 1. The highest BCUT2D eigenvalue weighted by Crippen LogP contribution is 2.32. The van der Waals surface area contributed by atoms with Crippen molar-refractivity contribution in [1.82, 2.24) is 5.32 Å². The summed E-state index contributed by atoms with van der Waals surface area (Å²) in [6.45, 7) is 0. The van der Waals surface area contributed by atoms with Crippen molar-refractivity contribution >= 4 is 11.8 Å². The number of benzene rings is 1. The van der Waals surface area contributed by atoms with Gasteiger partial charge in [0.25, 0.3) is 0 Å². The Morgan fingerprint density at radius 2 is 1.83 bits per heavy atom. The second kappa shape index (κ2) is 6.53. The fourth-order valence-corrected chi connectivity index (χ4v) is 3.90. The molecule has 0 saturated heterocycles. The van der Waals surface area contributed by atoms with Crippen molar-refractivity contribution in [1.29, 1.82) is 0 Å². The van der Waals surface area contributed by atoms with Crippen molar-refractivity contribution in [2.45, 2.75) is 37.0 Å². The normalized spacial score (nSPS) is 18.2. The van der Waals surface area contributed by atoms with Crippen molar-refractivity contribution in [2.24, 2.45) is 0 Å². The first-order chi connectivity index (χ1) is 8.69. The molecule has 1 fully saturated rings. The molecular weight excluding hydrogens is 252 g/mol. The molecule has 1 saturated carbocycles. The lowest BCUT2D eigenvalue weighted by atomic mass is 10.1. The Morgan fingerprint density at radius 3 is 2.39 bits per heavy atom. The Morgan fingerprint density at radius 1 is 1.22 bits per heavy atom. The zero-order valence-corrected chi connectivity index (χ0v) is 11.4. The van der Waals surface area contributed by atoms with Gasteiger partial charge in [0.05, 0.1) is 0 Å². The maximum absolute atomic E-state index is 13.2. The summed E-state index contributed by atoms with van der Waals surface area (Å²) in [6.07, 6.45) is 5.18. The zero-order chi connectivity index (χ0) is 13.0. The second-order valence-corrected chi connectivity index (χ2v) is 6.12. The maximum Gasteiger partial charge on any atom is 0.126 e. The Labute approximate surface area is 111 Å². The van der Waals surface area contributed by atoms with Gasteiger partial charge in [0.15, 0.2) is 0 Å². The van der Waals surface area contributed by atoms with Crippen molar-refractivity contribution in [3.63, 3.8) is 0 Å². The number of thioether (sulfide) groups is 1. The van der Waals surface area contributed by atoms with E-state index >= 15 is 0 Å². The fourth-order valence-electron chi connectivity index (χ4n) is 2.41. The van der Waals surface area contributed by atoms with Crippen molar-refractivity contribution < 1.29 is 8.78 Å². The predicted molar refractivity (Wildman–Crippen MR) is 72.9 cm³/mol. The van der Waals surface area contributed by atoms with Crippen molar-refractivity contribution in [3.8, 4) is 0 Å². The minimum Gasteiger partial charge on any atom is -0.312 e. The van der Waals surface area contributed by atoms with Gasteiger partial charge in [0.1, 0.15) is 11.6 Å². The Kier molecular flexibility index (Phi) is 5.01. The summed E-state index contributed by atoms with van der Waals surface area (Å²) in [5.74, 6) is -0.142. The molecule has 0 radical (unpaired) electrons. The van der Waals surface area contributed by atoms with E-state index in [4.69, 9.17) is 0 Å². The Hall–Kier alpha value is -0.610. The van der Waals surface area contributed by atoms with Gasteiger partial charge in [-0.1, -0.05) is 12.8 Å². The third-order valence-electron chi connectivity index (χ3n) is 3.44. The molecule has 0 aromatic heterocycles. The Balaban J connectivity index is 1.98. The van der Waals surface area contributed by atoms with Crippen LogP contribution in [0.3, 0.4) is 0 Å². The summed E-state index contributed by atoms with van der Waals surface area (Å²) in [4.78, 5) is 0. The van der Waals surface area contributed by atoms with Gasteiger partial charge in [-0.25, -0.2) is 8.78 Å². The van der Waals surface area contributed by atoms with Crippen LogP contribution in [-0.4, -0.2) is 18.1 Å². The predicted octanol–water partition coefficient (Wildman–Crippen LogP) is 3.90. The maximum atomic E-state index is 13.2. The topological polar surface area (TPSA) is 12.0 Å². The van der Waals surface area contributed by atoms with Gasteiger partial charge in [-0.15, -0.1) is 0 Å². The summed E-state index contributed by atoms with van der Waals surface area (Å²) in [5, 5.41) is 3.86. The highest BCUT2D eigenvalue weighted by Gasteiger charge is 2.18. The van der Waals surface area contributed by atoms with Gasteiger partial charge in [-0.05, 0) is 37.6 Å². The van der Waals surface area contributed by atoms with Gasteiger partial charge in [0.2, 0.25) is 0 Å². The molecule has 1 aliphatic carbocycles. The minimum atomic E-state index is -0.504. The summed E-state index contributed by atoms with van der Waals surface area (Å²) in [7, 11) is 1.84. The zero-order valence-electron chi connectivity index (χ0n) is 10.6. The molecule has 0 amide bonds. The van der Waals surface area contributed by atoms with Crippen LogP contribution in [0.5, 0.6) is 0 Å². The van der Waals surface area contributed by atoms with Crippen LogP contribution in [0.4, 0.5) is 8.78 Å². The second-order valence-electron chi connectivity index (χ2n) is 4.78. The third-order valence-corrected chi connectivity index (χ3v) is 4.91. The average molecular weight is 271 g/mol. The summed E-state index contributed by atoms with van der Waals surface area (Å²) < 4.78 is 26.4. The summed E-state index contributed by atoms with van der Waals surface area (Å²) in [6, 6.07) is 3.76. The highest BCUT2D eigenvalue weighted by atomic mass is 32.2. The molecule has 2 rings (SSSR count). The van der Waals surface area contributed by atoms with Gasteiger partial charge in [0, 0.05) is 23.1 Å². The first-order valence-corrected chi connectivity index (χ1v) is 7.49. The third kappa shape index (κ3) is 3.69. The first-order valence-electron chi connectivity index (χ1n) is 6.44. The monoisotopic (exact) mass is 271 g/mol. The van der Waals surface area contributed by atoms with Gasteiger partial charge < -0.3 is 5.32 Å². The van der Waals surface area contributed by atoms with E-state index in [0.29, 0.717) is 5.56 Å². The van der Waals surface area contributed by atoms with Gasteiger partial charge in [-0.2, -0.15) is 11.8 Å². The lowest BCUT2D eigenvalue weighted by molar-refractivity contribution is 0.568. The summed E-state index contributed by atoms with van der Waals surface area (Å²) in [5.41, 5.74) is 0.695. The smallest absolute Gasteiger partial charge is 0.126 e. The van der Waals surface area contributed by atoms with Crippen molar-refractivity contribution in [2.75, 3.05) is 12.8 Å². The van der Waals surface area contributed by atoms with E-state index in [1.807, 2.05) is 18.8 Å². The molecular formula is C14H19F2NS. The van der Waals surface area contributed by atoms with E-state index in [1.165, 1.54) is 37.8 Å². The number of hydrogen-bond donors (Lipinski definition) is 1. The van der Waals surface area contributed by atoms with Crippen LogP contribution < -0.4 is 5.32 Å². The van der Waals surface area contributed by atoms with Gasteiger partial charge >= 0.3 is 0 Å². The molecule has 100 valence electrons. The average Bonchev–Trinajstić information content (AvgIpc) is 2.81. The van der Waals surface area contributed by atoms with Crippen LogP contribution in [-0.2, 0) is 0 Å². The fraction of sp³-hybridized carbons (Fsp3) is 0.571. The highest BCUT2D eigenvalue weighted by molar-refractivity contribution is 7.99.